The van der Waals surface area contributed by atoms with Gasteiger partial charge >= 0.3 is 12.1 Å². The van der Waals surface area contributed by atoms with Gasteiger partial charge in [0.05, 0.1) is 12.7 Å². The fourth-order valence-electron chi connectivity index (χ4n) is 1.47. The number of nitrogens with one attached hydrogen (secondary N) is 1. The summed E-state index contributed by atoms with van der Waals surface area (Å²) in [5.74, 6) is -0.638. The Bertz CT molecular complexity index is 607. The Balaban J connectivity index is 2.32. The van der Waals surface area contributed by atoms with E-state index < -0.39 is 18.7 Å². The average Bonchev–Trinajstić information content (AvgIpc) is 2.77. The number of benzene rings is 1. The van der Waals surface area contributed by atoms with Crippen LogP contribution in [-0.2, 0) is 4.74 Å². The number of nitrogens with zero attached hydrogens (tertiary/aromatic N) is 1. The van der Waals surface area contributed by atoms with Gasteiger partial charge < -0.3 is 14.5 Å². The van der Waals surface area contributed by atoms with Crippen LogP contribution in [0.15, 0.2) is 22.6 Å². The molecule has 1 aromatic heterocycles. The second-order valence-electron chi connectivity index (χ2n) is 3.63. The number of alkyl halides is 3. The number of methoxy groups -OCH3 is 1. The normalized spacial score (nSPS) is 11.6. The third-order valence-corrected chi connectivity index (χ3v) is 2.26. The third kappa shape index (κ3) is 2.95. The minimum absolute atomic E-state index is 0.129. The maximum atomic E-state index is 12.1. The number of ether oxygens (including phenoxy) is 1. The van der Waals surface area contributed by atoms with Crippen LogP contribution in [-0.4, -0.2) is 30.8 Å². The van der Waals surface area contributed by atoms with E-state index in [1.54, 1.807) is 0 Å². The first kappa shape index (κ1) is 13.2. The molecule has 1 N–H and O–H groups in total. The molecule has 0 atom stereocenters. The van der Waals surface area contributed by atoms with Crippen molar-refractivity contribution in [2.45, 2.75) is 6.18 Å². The Morgan fingerprint density at radius 3 is 2.84 bits per heavy atom. The summed E-state index contributed by atoms with van der Waals surface area (Å²) in [6, 6.07) is 4.16. The van der Waals surface area contributed by atoms with Gasteiger partial charge in [-0.25, -0.2) is 4.79 Å². The molecule has 102 valence electrons. The summed E-state index contributed by atoms with van der Waals surface area (Å²) in [6.45, 7) is -1.27. The molecular formula is C11H9F3N2O3. The van der Waals surface area contributed by atoms with E-state index in [1.165, 1.54) is 25.3 Å². The van der Waals surface area contributed by atoms with Gasteiger partial charge in [0.25, 0.3) is 6.01 Å². The lowest BCUT2D eigenvalue weighted by molar-refractivity contribution is -0.115. The van der Waals surface area contributed by atoms with Gasteiger partial charge in [0.1, 0.15) is 12.1 Å². The Morgan fingerprint density at radius 1 is 1.47 bits per heavy atom. The van der Waals surface area contributed by atoms with Crippen molar-refractivity contribution in [2.75, 3.05) is 19.0 Å². The molecule has 0 unspecified atom stereocenters. The van der Waals surface area contributed by atoms with Gasteiger partial charge in [-0.05, 0) is 12.1 Å². The molecule has 0 aliphatic heterocycles. The number of halogens is 3. The van der Waals surface area contributed by atoms with E-state index in [4.69, 9.17) is 4.42 Å². The molecule has 0 aliphatic rings. The molecular weight excluding hydrogens is 265 g/mol. The van der Waals surface area contributed by atoms with E-state index in [0.717, 1.165) is 0 Å². The summed E-state index contributed by atoms with van der Waals surface area (Å²) in [7, 11) is 1.20. The molecule has 2 aromatic rings. The summed E-state index contributed by atoms with van der Waals surface area (Å²) in [4.78, 5) is 15.3. The lowest BCUT2D eigenvalue weighted by atomic mass is 10.2. The molecule has 1 aromatic carbocycles. The second kappa shape index (κ2) is 4.79. The van der Waals surface area contributed by atoms with Gasteiger partial charge in [0, 0.05) is 0 Å². The quantitative estimate of drug-likeness (QED) is 0.871. The Morgan fingerprint density at radius 2 is 2.21 bits per heavy atom. The number of rotatable bonds is 3. The van der Waals surface area contributed by atoms with Crippen LogP contribution in [0.2, 0.25) is 0 Å². The van der Waals surface area contributed by atoms with Gasteiger partial charge in [0.15, 0.2) is 5.58 Å². The minimum Gasteiger partial charge on any atom is -0.465 e. The summed E-state index contributed by atoms with van der Waals surface area (Å²) in [5, 5.41) is 2.00. The molecule has 0 saturated heterocycles. The maximum Gasteiger partial charge on any atom is 0.405 e. The van der Waals surface area contributed by atoms with Crippen LogP contribution in [0.25, 0.3) is 11.1 Å². The molecule has 0 aliphatic carbocycles. The largest absolute Gasteiger partial charge is 0.465 e. The van der Waals surface area contributed by atoms with Gasteiger partial charge in [-0.1, -0.05) is 6.07 Å². The summed E-state index contributed by atoms with van der Waals surface area (Å²) >= 11 is 0. The van der Waals surface area contributed by atoms with Crippen molar-refractivity contribution in [1.29, 1.82) is 0 Å². The van der Waals surface area contributed by atoms with E-state index in [9.17, 15) is 18.0 Å². The Labute approximate surface area is 105 Å². The smallest absolute Gasteiger partial charge is 0.405 e. The number of hydrogen-bond donors (Lipinski definition) is 1. The number of anilines is 1. The number of aromatic nitrogens is 1. The fourth-order valence-corrected chi connectivity index (χ4v) is 1.47. The molecule has 5 nitrogen and oxygen atoms in total. The highest BCUT2D eigenvalue weighted by Gasteiger charge is 2.27. The number of carbonyl (C=O) groups is 1. The maximum absolute atomic E-state index is 12.1. The number of carbonyl (C=O) groups excluding carboxylic acids is 1. The van der Waals surface area contributed by atoms with Crippen LogP contribution in [0.4, 0.5) is 19.2 Å². The lowest BCUT2D eigenvalue weighted by Gasteiger charge is -2.04. The zero-order valence-corrected chi connectivity index (χ0v) is 9.75. The van der Waals surface area contributed by atoms with Crippen molar-refractivity contribution >= 4 is 23.1 Å². The van der Waals surface area contributed by atoms with E-state index >= 15 is 0 Å². The molecule has 0 radical (unpaired) electrons. The van der Waals surface area contributed by atoms with Crippen LogP contribution in [0, 0.1) is 0 Å². The summed E-state index contributed by atoms with van der Waals surface area (Å²) in [5.41, 5.74) is 0.482. The van der Waals surface area contributed by atoms with Crippen molar-refractivity contribution < 1.29 is 27.1 Å². The molecule has 0 bridgehead atoms. The van der Waals surface area contributed by atoms with Gasteiger partial charge in [-0.3, -0.25) is 0 Å². The SMILES string of the molecule is COC(=O)c1cccc2oc(NCC(F)(F)F)nc12. The topological polar surface area (TPSA) is 64.4 Å². The lowest BCUT2D eigenvalue weighted by Crippen LogP contribution is -2.21. The highest BCUT2D eigenvalue weighted by atomic mass is 19.4. The molecule has 19 heavy (non-hydrogen) atoms. The molecule has 0 amide bonds. The van der Waals surface area contributed by atoms with Gasteiger partial charge in [-0.15, -0.1) is 0 Å². The van der Waals surface area contributed by atoms with E-state index in [-0.39, 0.29) is 22.7 Å². The number of esters is 1. The molecule has 1 heterocycles. The van der Waals surface area contributed by atoms with Crippen LogP contribution >= 0.6 is 0 Å². The van der Waals surface area contributed by atoms with Gasteiger partial charge in [-0.2, -0.15) is 18.2 Å². The van der Waals surface area contributed by atoms with Crippen molar-refractivity contribution in [3.05, 3.63) is 23.8 Å². The van der Waals surface area contributed by atoms with E-state index in [0.29, 0.717) is 0 Å². The van der Waals surface area contributed by atoms with Crippen molar-refractivity contribution in [3.8, 4) is 0 Å². The second-order valence-corrected chi connectivity index (χ2v) is 3.63. The van der Waals surface area contributed by atoms with Crippen molar-refractivity contribution in [2.24, 2.45) is 0 Å². The Hall–Kier alpha value is -2.25. The van der Waals surface area contributed by atoms with Crippen LogP contribution in [0.5, 0.6) is 0 Å². The molecule has 0 saturated carbocycles. The minimum atomic E-state index is -4.38. The van der Waals surface area contributed by atoms with Crippen molar-refractivity contribution in [3.63, 3.8) is 0 Å². The first-order chi connectivity index (χ1) is 8.90. The zero-order valence-electron chi connectivity index (χ0n) is 9.75. The predicted molar refractivity (Wildman–Crippen MR) is 59.9 cm³/mol. The number of hydrogen-bond acceptors (Lipinski definition) is 5. The van der Waals surface area contributed by atoms with Crippen LogP contribution in [0.3, 0.4) is 0 Å². The fraction of sp³-hybridized carbons (Fsp3) is 0.273. The molecule has 8 heteroatoms. The summed E-state index contributed by atoms with van der Waals surface area (Å²) < 4.78 is 45.8. The Kier molecular flexibility index (Phi) is 3.32. The van der Waals surface area contributed by atoms with Crippen LogP contribution in [0.1, 0.15) is 10.4 Å². The summed E-state index contributed by atoms with van der Waals surface area (Å²) in [6.07, 6.45) is -4.38. The first-order valence-electron chi connectivity index (χ1n) is 5.19. The first-order valence-corrected chi connectivity index (χ1v) is 5.19. The van der Waals surface area contributed by atoms with Crippen LogP contribution < -0.4 is 5.32 Å². The number of para-hydroxylation sites is 1. The highest BCUT2D eigenvalue weighted by Crippen LogP contribution is 2.24. The zero-order chi connectivity index (χ0) is 14.0. The highest BCUT2D eigenvalue weighted by molar-refractivity contribution is 6.01. The van der Waals surface area contributed by atoms with Crippen molar-refractivity contribution in [1.82, 2.24) is 4.98 Å². The van der Waals surface area contributed by atoms with E-state index in [1.807, 2.05) is 5.32 Å². The third-order valence-electron chi connectivity index (χ3n) is 2.26. The number of fused-ring (bicyclic) bond motifs is 1. The predicted octanol–water partition coefficient (Wildman–Crippen LogP) is 2.59. The number of oxazole rings is 1. The molecule has 2 rings (SSSR count). The average molecular weight is 274 g/mol. The monoisotopic (exact) mass is 274 g/mol. The van der Waals surface area contributed by atoms with E-state index in [2.05, 4.69) is 9.72 Å². The molecule has 0 fully saturated rings. The standard InChI is InChI=1S/C11H9F3N2O3/c1-18-9(17)6-3-2-4-7-8(6)16-10(19-7)15-5-11(12,13)14/h2-4H,5H2,1H3,(H,15,16). The molecule has 0 spiro atoms. The van der Waals surface area contributed by atoms with Gasteiger partial charge in [0.2, 0.25) is 0 Å².